The van der Waals surface area contributed by atoms with Gasteiger partial charge in [-0.2, -0.15) is 0 Å². The lowest BCUT2D eigenvalue weighted by atomic mass is 10.1. The van der Waals surface area contributed by atoms with Crippen LogP contribution in [0.1, 0.15) is 35.7 Å². The second kappa shape index (κ2) is 4.75. The highest BCUT2D eigenvalue weighted by Crippen LogP contribution is 2.25. The summed E-state index contributed by atoms with van der Waals surface area (Å²) in [7, 11) is 0. The van der Waals surface area contributed by atoms with Crippen molar-refractivity contribution in [2.45, 2.75) is 33.2 Å². The fourth-order valence-electron chi connectivity index (χ4n) is 2.24. The van der Waals surface area contributed by atoms with Gasteiger partial charge in [-0.25, -0.2) is 4.98 Å². The lowest BCUT2D eigenvalue weighted by Gasteiger charge is -2.15. The summed E-state index contributed by atoms with van der Waals surface area (Å²) in [4.78, 5) is 4.20. The van der Waals surface area contributed by atoms with Gasteiger partial charge in [0, 0.05) is 23.9 Å². The van der Waals surface area contributed by atoms with Crippen molar-refractivity contribution >= 4 is 0 Å². The van der Waals surface area contributed by atoms with Crippen LogP contribution >= 0.6 is 0 Å². The van der Waals surface area contributed by atoms with Crippen LogP contribution < -0.4 is 5.73 Å². The van der Waals surface area contributed by atoms with Gasteiger partial charge >= 0.3 is 0 Å². The number of aromatic nitrogens is 2. The van der Waals surface area contributed by atoms with E-state index in [4.69, 9.17) is 10.2 Å². The van der Waals surface area contributed by atoms with E-state index in [9.17, 15) is 0 Å². The first-order valence-corrected chi connectivity index (χ1v) is 5.91. The number of nitrogens with two attached hydrogens (primary N) is 1. The van der Waals surface area contributed by atoms with Crippen LogP contribution in [0.25, 0.3) is 0 Å². The summed E-state index contributed by atoms with van der Waals surface area (Å²) in [5.41, 5.74) is 7.97. The van der Waals surface area contributed by atoms with Crippen LogP contribution in [-0.2, 0) is 6.42 Å². The van der Waals surface area contributed by atoms with E-state index in [1.807, 2.05) is 26.4 Å². The van der Waals surface area contributed by atoms with Crippen LogP contribution in [0.2, 0.25) is 0 Å². The first-order chi connectivity index (χ1) is 8.13. The molecule has 0 saturated heterocycles. The van der Waals surface area contributed by atoms with Crippen molar-refractivity contribution in [1.82, 2.24) is 9.55 Å². The molecule has 4 heteroatoms. The number of furan rings is 1. The van der Waals surface area contributed by atoms with Gasteiger partial charge in [-0.3, -0.25) is 0 Å². The Labute approximate surface area is 101 Å². The van der Waals surface area contributed by atoms with E-state index in [-0.39, 0.29) is 6.04 Å². The van der Waals surface area contributed by atoms with Crippen molar-refractivity contribution in [2.24, 2.45) is 5.73 Å². The van der Waals surface area contributed by atoms with Crippen molar-refractivity contribution in [3.8, 4) is 0 Å². The second-order valence-corrected chi connectivity index (χ2v) is 4.38. The Hall–Kier alpha value is -1.55. The zero-order valence-electron chi connectivity index (χ0n) is 10.6. The summed E-state index contributed by atoms with van der Waals surface area (Å²) in [6.07, 6.45) is 4.59. The summed E-state index contributed by atoms with van der Waals surface area (Å²) in [6, 6.07) is 2.32. The lowest BCUT2D eigenvalue weighted by Crippen LogP contribution is -2.12. The minimum atomic E-state index is 0.233. The molecule has 92 valence electrons. The number of hydrogen-bond donors (Lipinski definition) is 1. The van der Waals surface area contributed by atoms with Crippen molar-refractivity contribution in [3.63, 3.8) is 0 Å². The van der Waals surface area contributed by atoms with Crippen LogP contribution in [0, 0.1) is 13.8 Å². The first kappa shape index (κ1) is 11.9. The number of nitrogens with zero attached hydrogens (tertiary/aromatic N) is 2. The standard InChI is InChI=1S/C13H19N3O/c1-9-6-13(11(3)17-9)10(2)16-8-15-7-12(16)4-5-14/h6-8,10H,4-5,14H2,1-3H3. The average molecular weight is 233 g/mol. The van der Waals surface area contributed by atoms with E-state index in [2.05, 4.69) is 22.5 Å². The summed E-state index contributed by atoms with van der Waals surface area (Å²) in [5, 5.41) is 0. The number of aryl methyl sites for hydroxylation is 2. The van der Waals surface area contributed by atoms with Crippen LogP contribution in [0.15, 0.2) is 23.0 Å². The maximum Gasteiger partial charge on any atom is 0.106 e. The Bertz CT molecular complexity index is 498. The van der Waals surface area contributed by atoms with E-state index in [1.54, 1.807) is 0 Å². The molecule has 0 amide bonds. The molecule has 1 atom stereocenters. The number of imidazole rings is 1. The maximum atomic E-state index is 5.60. The van der Waals surface area contributed by atoms with Gasteiger partial charge in [0.15, 0.2) is 0 Å². The summed E-state index contributed by atoms with van der Waals surface area (Å²) >= 11 is 0. The highest BCUT2D eigenvalue weighted by molar-refractivity contribution is 5.25. The van der Waals surface area contributed by atoms with Gasteiger partial charge in [0.2, 0.25) is 0 Å². The molecule has 0 aliphatic carbocycles. The third kappa shape index (κ3) is 2.26. The largest absolute Gasteiger partial charge is 0.466 e. The normalized spacial score (nSPS) is 12.9. The Balaban J connectivity index is 2.33. The van der Waals surface area contributed by atoms with Gasteiger partial charge in [0.05, 0.1) is 12.4 Å². The van der Waals surface area contributed by atoms with Crippen molar-refractivity contribution < 1.29 is 4.42 Å². The molecule has 17 heavy (non-hydrogen) atoms. The Morgan fingerprint density at radius 3 is 2.82 bits per heavy atom. The second-order valence-electron chi connectivity index (χ2n) is 4.38. The molecule has 0 saturated carbocycles. The molecule has 0 aromatic carbocycles. The monoisotopic (exact) mass is 233 g/mol. The minimum absolute atomic E-state index is 0.233. The molecule has 2 aromatic heterocycles. The number of rotatable bonds is 4. The fourth-order valence-corrected chi connectivity index (χ4v) is 2.24. The minimum Gasteiger partial charge on any atom is -0.466 e. The van der Waals surface area contributed by atoms with E-state index in [1.165, 1.54) is 11.3 Å². The highest BCUT2D eigenvalue weighted by atomic mass is 16.3. The van der Waals surface area contributed by atoms with Crippen LogP contribution in [-0.4, -0.2) is 16.1 Å². The Morgan fingerprint density at radius 1 is 1.47 bits per heavy atom. The van der Waals surface area contributed by atoms with Gasteiger partial charge in [-0.1, -0.05) is 0 Å². The smallest absolute Gasteiger partial charge is 0.106 e. The third-order valence-electron chi connectivity index (χ3n) is 3.09. The lowest BCUT2D eigenvalue weighted by molar-refractivity contribution is 0.493. The van der Waals surface area contributed by atoms with E-state index < -0.39 is 0 Å². The molecule has 4 nitrogen and oxygen atoms in total. The average Bonchev–Trinajstić information content (AvgIpc) is 2.85. The fraction of sp³-hybridized carbons (Fsp3) is 0.462. The molecular formula is C13H19N3O. The molecule has 2 heterocycles. The molecule has 2 rings (SSSR count). The Morgan fingerprint density at radius 2 is 2.24 bits per heavy atom. The van der Waals surface area contributed by atoms with E-state index >= 15 is 0 Å². The molecule has 0 fully saturated rings. The van der Waals surface area contributed by atoms with Gasteiger partial charge in [0.25, 0.3) is 0 Å². The summed E-state index contributed by atoms with van der Waals surface area (Å²) < 4.78 is 7.73. The van der Waals surface area contributed by atoms with Crippen LogP contribution in [0.4, 0.5) is 0 Å². The highest BCUT2D eigenvalue weighted by Gasteiger charge is 2.16. The van der Waals surface area contributed by atoms with Gasteiger partial charge < -0.3 is 14.7 Å². The molecule has 0 spiro atoms. The van der Waals surface area contributed by atoms with E-state index in [0.29, 0.717) is 6.54 Å². The zero-order valence-corrected chi connectivity index (χ0v) is 10.6. The SMILES string of the molecule is Cc1cc(C(C)n2cncc2CCN)c(C)o1. The zero-order chi connectivity index (χ0) is 12.4. The van der Waals surface area contributed by atoms with Crippen molar-refractivity contribution in [3.05, 3.63) is 41.4 Å². The maximum absolute atomic E-state index is 5.60. The summed E-state index contributed by atoms with van der Waals surface area (Å²) in [6.45, 7) is 6.76. The van der Waals surface area contributed by atoms with Crippen LogP contribution in [0.5, 0.6) is 0 Å². The van der Waals surface area contributed by atoms with E-state index in [0.717, 1.165) is 17.9 Å². The number of hydrogen-bond acceptors (Lipinski definition) is 3. The van der Waals surface area contributed by atoms with Gasteiger partial charge in [0.1, 0.15) is 11.5 Å². The molecule has 0 aliphatic heterocycles. The Kier molecular flexibility index (Phi) is 3.33. The van der Waals surface area contributed by atoms with Crippen molar-refractivity contribution in [1.29, 1.82) is 0 Å². The van der Waals surface area contributed by atoms with Gasteiger partial charge in [-0.05, 0) is 33.4 Å². The van der Waals surface area contributed by atoms with Crippen LogP contribution in [0.3, 0.4) is 0 Å². The molecule has 2 N–H and O–H groups in total. The molecule has 0 radical (unpaired) electrons. The molecule has 0 aliphatic rings. The molecule has 2 aromatic rings. The quantitative estimate of drug-likeness (QED) is 0.880. The predicted molar refractivity (Wildman–Crippen MR) is 67.0 cm³/mol. The first-order valence-electron chi connectivity index (χ1n) is 5.91. The molecular weight excluding hydrogens is 214 g/mol. The molecule has 1 unspecified atom stereocenters. The predicted octanol–water partition coefficient (Wildman–Crippen LogP) is 2.20. The topological polar surface area (TPSA) is 57.0 Å². The van der Waals surface area contributed by atoms with Gasteiger partial charge in [-0.15, -0.1) is 0 Å². The third-order valence-corrected chi connectivity index (χ3v) is 3.09. The molecule has 0 bridgehead atoms. The van der Waals surface area contributed by atoms with Crippen molar-refractivity contribution in [2.75, 3.05) is 6.54 Å². The summed E-state index contributed by atoms with van der Waals surface area (Å²) in [5.74, 6) is 1.92.